The van der Waals surface area contributed by atoms with E-state index in [0.717, 1.165) is 41.5 Å². The highest BCUT2D eigenvalue weighted by Gasteiger charge is 2.38. The van der Waals surface area contributed by atoms with Gasteiger partial charge in [-0.2, -0.15) is 27.1 Å². The number of nitrogens with one attached hydrogen (secondary N) is 1. The number of benzene rings is 1. The van der Waals surface area contributed by atoms with Crippen molar-refractivity contribution in [2.75, 3.05) is 6.54 Å². The predicted molar refractivity (Wildman–Crippen MR) is 94.0 cm³/mol. The van der Waals surface area contributed by atoms with Crippen LogP contribution in [0.5, 0.6) is 0 Å². The Morgan fingerprint density at radius 2 is 1.83 bits per heavy atom. The Morgan fingerprint density at radius 1 is 1.13 bits per heavy atom. The summed E-state index contributed by atoms with van der Waals surface area (Å²) in [5.74, 6) is -5.79. The largest absolute Gasteiger partial charge is 0.417 e. The monoisotopic (exact) mass is 448 g/mol. The Bertz CT molecular complexity index is 1080. The van der Waals surface area contributed by atoms with E-state index in [0.29, 0.717) is 6.07 Å². The minimum Gasteiger partial charge on any atom is -0.346 e. The summed E-state index contributed by atoms with van der Waals surface area (Å²) in [6.45, 7) is -1.35. The normalized spacial score (nSPS) is 12.1. The van der Waals surface area contributed by atoms with Crippen molar-refractivity contribution in [3.05, 3.63) is 76.6 Å². The first-order valence-corrected chi connectivity index (χ1v) is 8.55. The van der Waals surface area contributed by atoms with Gasteiger partial charge in [-0.3, -0.25) is 9.78 Å². The van der Waals surface area contributed by atoms with Gasteiger partial charge in [0.1, 0.15) is 5.69 Å². The van der Waals surface area contributed by atoms with E-state index in [1.807, 2.05) is 0 Å². The molecule has 0 unspecified atom stereocenters. The smallest absolute Gasteiger partial charge is 0.346 e. The number of carbonyl (C=O) groups is 1. The van der Waals surface area contributed by atoms with Crippen LogP contribution in [0.25, 0.3) is 5.69 Å². The van der Waals surface area contributed by atoms with Gasteiger partial charge in [0.2, 0.25) is 0 Å². The first-order chi connectivity index (χ1) is 14.0. The van der Waals surface area contributed by atoms with Crippen molar-refractivity contribution < 1.29 is 31.1 Å². The summed E-state index contributed by atoms with van der Waals surface area (Å²) in [5.41, 5.74) is -2.86. The summed E-state index contributed by atoms with van der Waals surface area (Å²) in [4.78, 5) is 15.6. The molecule has 0 fully saturated rings. The number of carbonyl (C=O) groups excluding carboxylic acids is 1. The molecule has 0 saturated carbocycles. The van der Waals surface area contributed by atoms with Gasteiger partial charge in [-0.1, -0.05) is 23.7 Å². The number of pyridine rings is 1. The van der Waals surface area contributed by atoms with Crippen LogP contribution in [-0.2, 0) is 12.1 Å². The molecule has 12 heteroatoms. The first-order valence-electron chi connectivity index (χ1n) is 8.18. The average Bonchev–Trinajstić information content (AvgIpc) is 3.11. The zero-order chi connectivity index (χ0) is 22.1. The molecule has 0 aliphatic rings. The fraction of sp³-hybridized carbons (Fsp3) is 0.167. The molecule has 0 bridgehead atoms. The summed E-state index contributed by atoms with van der Waals surface area (Å²) < 4.78 is 82.0. The number of amides is 1. The maximum Gasteiger partial charge on any atom is 0.417 e. The molecular formula is C18H11ClF6N4O. The summed E-state index contributed by atoms with van der Waals surface area (Å²) in [6.07, 6.45) is -2.00. The van der Waals surface area contributed by atoms with Crippen LogP contribution in [0.2, 0.25) is 5.02 Å². The van der Waals surface area contributed by atoms with Gasteiger partial charge in [0, 0.05) is 0 Å². The van der Waals surface area contributed by atoms with Crippen LogP contribution in [0.1, 0.15) is 21.6 Å². The van der Waals surface area contributed by atoms with E-state index < -0.39 is 52.2 Å². The Kier molecular flexibility index (Phi) is 5.75. The number of hydrogen-bond acceptors (Lipinski definition) is 3. The lowest BCUT2D eigenvalue weighted by Crippen LogP contribution is -2.36. The zero-order valence-electron chi connectivity index (χ0n) is 14.7. The van der Waals surface area contributed by atoms with Crippen LogP contribution in [0.15, 0.2) is 48.9 Å². The standard InChI is InChI=1S/C18H11ClF6N4O/c19-14-5-11(29-8-10(20)6-28-29)7-26-15(14)17(21,22)9-27-16(30)12-3-1-2-4-13(12)18(23,24)25/h1-8H,9H2,(H,27,30). The number of hydrogen-bond donors (Lipinski definition) is 1. The van der Waals surface area contributed by atoms with Crippen molar-refractivity contribution >= 4 is 17.5 Å². The third kappa shape index (κ3) is 4.56. The van der Waals surface area contributed by atoms with Crippen molar-refractivity contribution in [1.82, 2.24) is 20.1 Å². The van der Waals surface area contributed by atoms with Crippen molar-refractivity contribution in [2.24, 2.45) is 0 Å². The Morgan fingerprint density at radius 3 is 2.43 bits per heavy atom. The maximum absolute atomic E-state index is 14.5. The first kappa shape index (κ1) is 21.6. The second kappa shape index (κ2) is 7.98. The topological polar surface area (TPSA) is 59.8 Å². The van der Waals surface area contributed by atoms with Gasteiger partial charge >= 0.3 is 12.1 Å². The number of aromatic nitrogens is 3. The SMILES string of the molecule is O=C(NCC(F)(F)c1ncc(-n2cc(F)cn2)cc1Cl)c1ccccc1C(F)(F)F. The summed E-state index contributed by atoms with van der Waals surface area (Å²) >= 11 is 5.85. The molecule has 0 spiro atoms. The van der Waals surface area contributed by atoms with Gasteiger partial charge < -0.3 is 5.32 Å². The van der Waals surface area contributed by atoms with Crippen molar-refractivity contribution in [2.45, 2.75) is 12.1 Å². The fourth-order valence-corrected chi connectivity index (χ4v) is 2.86. The van der Waals surface area contributed by atoms with Crippen LogP contribution >= 0.6 is 11.6 Å². The molecule has 2 heterocycles. The Labute approximate surface area is 170 Å². The van der Waals surface area contributed by atoms with Gasteiger partial charge in [0.05, 0.1) is 47.0 Å². The summed E-state index contributed by atoms with van der Waals surface area (Å²) in [5, 5.41) is 4.92. The maximum atomic E-state index is 14.5. The molecule has 3 rings (SSSR count). The van der Waals surface area contributed by atoms with E-state index in [9.17, 15) is 31.1 Å². The van der Waals surface area contributed by atoms with E-state index in [-0.39, 0.29) is 5.69 Å². The third-order valence-electron chi connectivity index (χ3n) is 3.94. The van der Waals surface area contributed by atoms with Gasteiger partial charge in [0.25, 0.3) is 5.91 Å². The predicted octanol–water partition coefficient (Wildman–Crippen LogP) is 4.60. The molecule has 3 aromatic rings. The molecule has 0 radical (unpaired) electrons. The summed E-state index contributed by atoms with van der Waals surface area (Å²) in [6, 6.07) is 4.86. The molecule has 0 aliphatic heterocycles. The summed E-state index contributed by atoms with van der Waals surface area (Å²) in [7, 11) is 0. The lowest BCUT2D eigenvalue weighted by atomic mass is 10.1. The average molecular weight is 449 g/mol. The van der Waals surface area contributed by atoms with E-state index in [4.69, 9.17) is 11.6 Å². The van der Waals surface area contributed by atoms with Crippen molar-refractivity contribution in [3.8, 4) is 5.69 Å². The van der Waals surface area contributed by atoms with Gasteiger partial charge in [0.15, 0.2) is 5.82 Å². The van der Waals surface area contributed by atoms with E-state index >= 15 is 0 Å². The van der Waals surface area contributed by atoms with Gasteiger partial charge in [-0.25, -0.2) is 9.07 Å². The van der Waals surface area contributed by atoms with Gasteiger partial charge in [-0.15, -0.1) is 0 Å². The highest BCUT2D eigenvalue weighted by molar-refractivity contribution is 6.31. The Balaban J connectivity index is 1.78. The van der Waals surface area contributed by atoms with Gasteiger partial charge in [-0.05, 0) is 18.2 Å². The Hall–Kier alpha value is -3.08. The number of halogens is 7. The van der Waals surface area contributed by atoms with E-state index in [2.05, 4.69) is 10.1 Å². The van der Waals surface area contributed by atoms with Crippen LogP contribution in [-0.4, -0.2) is 27.2 Å². The number of rotatable bonds is 5. The molecule has 0 atom stereocenters. The lowest BCUT2D eigenvalue weighted by Gasteiger charge is -2.19. The third-order valence-corrected chi connectivity index (χ3v) is 4.22. The van der Waals surface area contributed by atoms with Crippen LogP contribution in [0.4, 0.5) is 26.3 Å². The molecular weight excluding hydrogens is 438 g/mol. The van der Waals surface area contributed by atoms with E-state index in [1.165, 1.54) is 6.07 Å². The second-order valence-corrected chi connectivity index (χ2v) is 6.46. The number of nitrogens with zero attached hydrogens (tertiary/aromatic N) is 3. The molecule has 158 valence electrons. The van der Waals surface area contributed by atoms with Crippen LogP contribution < -0.4 is 5.32 Å². The van der Waals surface area contributed by atoms with Crippen LogP contribution in [0, 0.1) is 5.82 Å². The van der Waals surface area contributed by atoms with E-state index in [1.54, 1.807) is 5.32 Å². The molecule has 1 aromatic carbocycles. The second-order valence-electron chi connectivity index (χ2n) is 6.06. The molecule has 0 saturated heterocycles. The molecule has 1 amide bonds. The zero-order valence-corrected chi connectivity index (χ0v) is 15.5. The molecule has 2 aromatic heterocycles. The fourth-order valence-electron chi connectivity index (χ4n) is 2.56. The molecule has 0 aliphatic carbocycles. The van der Waals surface area contributed by atoms with Crippen molar-refractivity contribution in [1.29, 1.82) is 0 Å². The van der Waals surface area contributed by atoms with Crippen molar-refractivity contribution in [3.63, 3.8) is 0 Å². The molecule has 5 nitrogen and oxygen atoms in total. The number of alkyl halides is 5. The highest BCUT2D eigenvalue weighted by atomic mass is 35.5. The lowest BCUT2D eigenvalue weighted by molar-refractivity contribution is -0.137. The molecule has 30 heavy (non-hydrogen) atoms. The minimum absolute atomic E-state index is 0.103. The quantitative estimate of drug-likeness (QED) is 0.580. The molecule has 1 N–H and O–H groups in total. The minimum atomic E-state index is -4.83. The van der Waals surface area contributed by atoms with Crippen LogP contribution in [0.3, 0.4) is 0 Å². The highest BCUT2D eigenvalue weighted by Crippen LogP contribution is 2.34.